The summed E-state index contributed by atoms with van der Waals surface area (Å²) in [7, 11) is -3.86. The van der Waals surface area contributed by atoms with Gasteiger partial charge in [0.1, 0.15) is 0 Å². The van der Waals surface area contributed by atoms with Crippen molar-refractivity contribution in [2.75, 3.05) is 0 Å². The van der Waals surface area contributed by atoms with Gasteiger partial charge in [-0.1, -0.05) is 18.8 Å². The average Bonchev–Trinajstić information content (AvgIpc) is 2.25. The topological polar surface area (TPSA) is 55.4 Å². The van der Waals surface area contributed by atoms with Gasteiger partial charge in [-0.05, 0) is 26.2 Å². The maximum absolute atomic E-state index is 5.47. The Labute approximate surface area is 140 Å². The van der Waals surface area contributed by atoms with Gasteiger partial charge < -0.3 is 37.6 Å². The quantitative estimate of drug-likeness (QED) is 0.208. The van der Waals surface area contributed by atoms with Crippen LogP contribution in [0.25, 0.3) is 0 Å². The van der Waals surface area contributed by atoms with Gasteiger partial charge in [-0.3, -0.25) is 0 Å². The molecule has 0 spiro atoms. The van der Waals surface area contributed by atoms with Gasteiger partial charge in [-0.15, -0.1) is 0 Å². The van der Waals surface area contributed by atoms with Gasteiger partial charge in [-0.2, -0.15) is 0 Å². The Balaban J connectivity index is -0.0000000401. The smallest absolute Gasteiger partial charge is 0.548 e. The van der Waals surface area contributed by atoms with Gasteiger partial charge in [0.15, 0.2) is 18.1 Å². The van der Waals surface area contributed by atoms with E-state index >= 15 is 0 Å². The number of rotatable bonds is 12. The Kier molecular flexibility index (Phi) is 88.8. The van der Waals surface area contributed by atoms with Gasteiger partial charge in [0.2, 0.25) is 0 Å². The van der Waals surface area contributed by atoms with Crippen molar-refractivity contribution in [3.63, 3.8) is 0 Å². The SMILES string of the molecule is C[Si](C)O[Si]O[Si](O[Si]O[Si](C)C)O[Si]OC(C)(C)[S-].[Rf].[Rf].[Rf].[Rf].[Rf].[Rf].[Rf].[Rf].[Rf].[Rf]. The molecule has 0 heterocycles. The first-order chi connectivity index (χ1) is 9.20. The van der Waals surface area contributed by atoms with E-state index in [-0.39, 0.29) is 30.0 Å². The molecule has 0 saturated carbocycles. The van der Waals surface area contributed by atoms with Crippen LogP contribution >= 0.6 is 0 Å². The van der Waals surface area contributed by atoms with Crippen molar-refractivity contribution < 1.29 is 25.0 Å². The van der Waals surface area contributed by atoms with Crippen molar-refractivity contribution in [1.82, 2.24) is 0 Å². The van der Waals surface area contributed by atoms with Crippen molar-refractivity contribution in [3.8, 4) is 0 Å². The van der Waals surface area contributed by atoms with Crippen molar-refractivity contribution in [2.45, 2.75) is 45.0 Å². The molecule has 0 rings (SSSR count). The molecule has 0 aliphatic carbocycles. The molecule has 6 nitrogen and oxygen atoms in total. The molecular formula is C7H18O6Rf10SSi6-. The van der Waals surface area contributed by atoms with Crippen molar-refractivity contribution in [3.05, 3.63) is 0 Å². The van der Waals surface area contributed by atoms with Crippen LogP contribution in [0.3, 0.4) is 0 Å². The van der Waals surface area contributed by atoms with Crippen LogP contribution < -0.4 is 0 Å². The van der Waals surface area contributed by atoms with E-state index in [4.69, 9.17) is 37.6 Å². The van der Waals surface area contributed by atoms with Crippen LogP contribution in [-0.4, -0.2) is 62.6 Å². The zero-order valence-electron chi connectivity index (χ0n) is 19.4. The molecule has 0 N–H and O–H groups in total. The van der Waals surface area contributed by atoms with Crippen LogP contribution in [-0.2, 0) is 37.6 Å². The Morgan fingerprint density at radius 3 is 1.03 bits per heavy atom. The Morgan fingerprint density at radius 2 is 0.800 bits per heavy atom. The van der Waals surface area contributed by atoms with Gasteiger partial charge in [0.05, 0.1) is 0 Å². The summed E-state index contributed by atoms with van der Waals surface area (Å²) in [5.74, 6) is 0. The minimum atomic E-state index is -1.91. The molecular weight excluding hydrogens is 3050 g/mol. The van der Waals surface area contributed by atoms with Crippen LogP contribution in [0, 0.1) is 0 Å². The van der Waals surface area contributed by atoms with E-state index in [0.29, 0.717) is 0 Å². The third kappa shape index (κ3) is 60.7. The maximum Gasteiger partial charge on any atom is 0.548 e. The molecule has 0 bridgehead atoms. The summed E-state index contributed by atoms with van der Waals surface area (Å²) in [5, 5.41) is 0. The second kappa shape index (κ2) is 32.4. The molecule has 0 aliphatic rings. The third-order valence-corrected chi connectivity index (χ3v) is 8.91. The van der Waals surface area contributed by atoms with E-state index in [1.54, 1.807) is 13.8 Å². The van der Waals surface area contributed by atoms with E-state index in [1.807, 2.05) is 26.2 Å². The molecule has 0 amide bonds. The summed E-state index contributed by atoms with van der Waals surface area (Å²) in [5.41, 5.74) is 0. The number of hydrogen-bond donors (Lipinski definition) is 0. The van der Waals surface area contributed by atoms with Gasteiger partial charge in [0, 0.05) is 0 Å². The summed E-state index contributed by atoms with van der Waals surface area (Å²) < 4.78 is 32.6. The molecule has 0 aromatic carbocycles. The zero-order chi connectivity index (χ0) is 15.6. The van der Waals surface area contributed by atoms with Crippen LogP contribution in [0.4, 0.5) is 0 Å². The predicted molar refractivity (Wildman–Crippen MR) is 85.9 cm³/mol. The van der Waals surface area contributed by atoms with Crippen molar-refractivity contribution >= 4 is 70.3 Å². The van der Waals surface area contributed by atoms with Crippen LogP contribution in [0.15, 0.2) is 0 Å². The minimum Gasteiger partial charge on any atom is -0.759 e. The Hall–Kier alpha value is -8.59. The molecule has 0 aliphatic heterocycles. The second-order valence-corrected chi connectivity index (χ2v) is 14.2. The molecule has 9 radical (unpaired) electrons. The average molecular weight is 3070 g/mol. The van der Waals surface area contributed by atoms with E-state index in [2.05, 4.69) is 0 Å². The van der Waals surface area contributed by atoms with Crippen LogP contribution in [0.5, 0.6) is 0 Å². The second-order valence-electron chi connectivity index (χ2n) is 4.33. The van der Waals surface area contributed by atoms with Crippen LogP contribution in [0.1, 0.15) is 13.8 Å². The standard InChI is InChI=1S/C7H19O6SSi6.10Rf/c1-7(2,14)8-15-11-20(12-16-9-18(3)4)13-17-10-19(5)6;;;;;;;;;;/h14H,1-6H3;;;;;;;;;;/p-1. The van der Waals surface area contributed by atoms with E-state index < -0.39 is 32.5 Å². The fourth-order valence-electron chi connectivity index (χ4n) is 0.494. The first kappa shape index (κ1) is 82.3. The number of hydrogen-bond acceptors (Lipinski definition) is 7. The van der Waals surface area contributed by atoms with Gasteiger partial charge in [0.25, 0.3) is 0 Å². The first-order valence-corrected chi connectivity index (χ1v) is 14.6. The fourth-order valence-corrected chi connectivity index (χ4v) is 5.82. The van der Waals surface area contributed by atoms with E-state index in [1.165, 1.54) is 0 Å². The zero-order valence-corrected chi connectivity index (χ0v) is 90.2. The summed E-state index contributed by atoms with van der Waals surface area (Å²) in [4.78, 5) is -0.658. The molecule has 0 saturated heterocycles. The monoisotopic (exact) mass is 3070 g/mol. The van der Waals surface area contributed by atoms with Crippen molar-refractivity contribution in [2.24, 2.45) is 0 Å². The van der Waals surface area contributed by atoms with E-state index in [9.17, 15) is 0 Å². The molecule has 0 fully saturated rings. The largest absolute Gasteiger partial charge is 0.759 e. The third-order valence-electron chi connectivity index (χ3n) is 1.15. The minimum absolute atomic E-state index is 0. The fraction of sp³-hybridized carbons (Fsp3) is 1.00. The molecule has 23 heteroatoms. The summed E-state index contributed by atoms with van der Waals surface area (Å²) in [6.45, 7) is 11.7. The Morgan fingerprint density at radius 1 is 0.533 bits per heavy atom. The van der Waals surface area contributed by atoms with E-state index in [0.717, 1.165) is 0 Å². The van der Waals surface area contributed by atoms with Crippen LogP contribution in [0.2, 0.25) is 26.2 Å². The van der Waals surface area contributed by atoms with Gasteiger partial charge in [-0.25, -0.2) is 0 Å². The first-order valence-electron chi connectivity index (χ1n) is 5.65. The normalized spacial score (nSPS) is 8.60. The Bertz CT molecular complexity index is 256. The summed E-state index contributed by atoms with van der Waals surface area (Å²) in [6, 6.07) is 0. The molecule has 0 aromatic rings. The van der Waals surface area contributed by atoms with Crippen molar-refractivity contribution in [1.29, 1.82) is 0 Å². The summed E-state index contributed by atoms with van der Waals surface area (Å²) >= 11 is 5.08. The predicted octanol–water partition coefficient (Wildman–Crippen LogP) is 0.459. The molecule has 0 atom stereocenters. The molecule has 0 unspecified atom stereocenters. The van der Waals surface area contributed by atoms with Gasteiger partial charge >= 0.3 is 39.5 Å². The molecule has 133 valence electrons. The summed E-state index contributed by atoms with van der Waals surface area (Å²) in [6.07, 6.45) is 0. The molecule has 30 heavy (non-hydrogen) atoms. The molecule has 0 aromatic heterocycles. The maximum atomic E-state index is 5.47.